The van der Waals surface area contributed by atoms with E-state index in [1.165, 1.54) is 38.5 Å². The van der Waals surface area contributed by atoms with Crippen LogP contribution in [0, 0.1) is 34.0 Å². The number of carbonyl (C=O) groups is 2. The van der Waals surface area contributed by atoms with Crippen LogP contribution in [0.5, 0.6) is 0 Å². The Labute approximate surface area is 140 Å². The molecule has 5 aliphatic rings. The number of imide groups is 1. The van der Waals surface area contributed by atoms with E-state index in [0.717, 1.165) is 5.92 Å². The average Bonchev–Trinajstić information content (AvgIpc) is 2.62. The molecule has 0 N–H and O–H groups in total. The fourth-order valence-electron chi connectivity index (χ4n) is 7.64. The monoisotopic (exact) mass is 317 g/mol. The number of nitrogens with zero attached hydrogens (tertiary/aromatic N) is 1. The largest absolute Gasteiger partial charge is 0.282 e. The van der Waals surface area contributed by atoms with Crippen LogP contribution < -0.4 is 0 Å². The van der Waals surface area contributed by atoms with Crippen LogP contribution in [0.1, 0.15) is 72.6 Å². The maximum Gasteiger partial charge on any atom is 0.233 e. The van der Waals surface area contributed by atoms with Crippen LogP contribution in [0.25, 0.3) is 0 Å². The summed E-state index contributed by atoms with van der Waals surface area (Å²) in [7, 11) is 0. The molecule has 3 heteroatoms. The molecule has 0 aromatic rings. The molecule has 5 fully saturated rings. The van der Waals surface area contributed by atoms with Crippen molar-refractivity contribution in [3.05, 3.63) is 0 Å². The van der Waals surface area contributed by atoms with Gasteiger partial charge in [-0.3, -0.25) is 14.5 Å². The van der Waals surface area contributed by atoms with Gasteiger partial charge in [-0.2, -0.15) is 0 Å². The molecule has 2 amide bonds. The normalized spacial score (nSPS) is 48.8. The smallest absolute Gasteiger partial charge is 0.233 e. The first-order valence-electron chi connectivity index (χ1n) is 9.48. The van der Waals surface area contributed by atoms with Gasteiger partial charge in [0.05, 0.1) is 5.92 Å². The third-order valence-corrected chi connectivity index (χ3v) is 7.20. The minimum Gasteiger partial charge on any atom is -0.282 e. The highest BCUT2D eigenvalue weighted by atomic mass is 16.2. The van der Waals surface area contributed by atoms with Crippen molar-refractivity contribution in [2.45, 2.75) is 72.6 Å². The molecule has 23 heavy (non-hydrogen) atoms. The molecule has 5 atom stereocenters. The van der Waals surface area contributed by atoms with Crippen LogP contribution in [-0.4, -0.2) is 23.3 Å². The number of likely N-dealkylation sites (tertiary alicyclic amines) is 1. The Morgan fingerprint density at radius 1 is 1.04 bits per heavy atom. The maximum atomic E-state index is 13.1. The Hall–Kier alpha value is -0.860. The molecule has 128 valence electrons. The first-order valence-corrected chi connectivity index (χ1v) is 9.48. The van der Waals surface area contributed by atoms with Gasteiger partial charge in [0.1, 0.15) is 0 Å². The summed E-state index contributed by atoms with van der Waals surface area (Å²) in [6.07, 6.45) is 8.02. The SMILES string of the molecule is CC(C)CN1C(=O)CC(C23CC4C[C@@](C)(C2)C[C@](C)(C4)C3)C1=O. The maximum absolute atomic E-state index is 13.1. The zero-order chi connectivity index (χ0) is 16.6. The Morgan fingerprint density at radius 3 is 2.17 bits per heavy atom. The Bertz CT molecular complexity index is 548. The van der Waals surface area contributed by atoms with Gasteiger partial charge in [0.2, 0.25) is 11.8 Å². The molecule has 0 aromatic carbocycles. The summed E-state index contributed by atoms with van der Waals surface area (Å²) in [5.74, 6) is 1.34. The van der Waals surface area contributed by atoms with Gasteiger partial charge in [0.15, 0.2) is 0 Å². The van der Waals surface area contributed by atoms with Crippen molar-refractivity contribution < 1.29 is 9.59 Å². The van der Waals surface area contributed by atoms with Crippen LogP contribution >= 0.6 is 0 Å². The molecule has 1 saturated heterocycles. The fourth-order valence-corrected chi connectivity index (χ4v) is 7.64. The Morgan fingerprint density at radius 2 is 1.65 bits per heavy atom. The number of rotatable bonds is 3. The molecule has 1 aliphatic heterocycles. The summed E-state index contributed by atoms with van der Waals surface area (Å²) in [4.78, 5) is 27.2. The summed E-state index contributed by atoms with van der Waals surface area (Å²) in [5, 5.41) is 0. The molecular formula is C20H31NO2. The van der Waals surface area contributed by atoms with Gasteiger partial charge >= 0.3 is 0 Å². The standard InChI is InChI=1S/C20H31NO2/c1-13(2)9-21-16(22)5-15(17(21)23)20-8-14-6-18(3,11-20)10-19(4,7-14)12-20/h13-15H,5-12H2,1-4H3/t14?,15?,18-,19+,20?. The highest BCUT2D eigenvalue weighted by molar-refractivity contribution is 6.04. The zero-order valence-corrected chi connectivity index (χ0v) is 15.2. The van der Waals surface area contributed by atoms with Crippen LogP contribution in [0.3, 0.4) is 0 Å². The molecule has 5 rings (SSSR count). The van der Waals surface area contributed by atoms with E-state index < -0.39 is 0 Å². The minimum absolute atomic E-state index is 0.0317. The molecule has 0 spiro atoms. The van der Waals surface area contributed by atoms with Crippen LogP contribution in [0.2, 0.25) is 0 Å². The Kier molecular flexibility index (Phi) is 3.14. The van der Waals surface area contributed by atoms with Gasteiger partial charge in [-0.15, -0.1) is 0 Å². The van der Waals surface area contributed by atoms with Crippen LogP contribution in [0.4, 0.5) is 0 Å². The van der Waals surface area contributed by atoms with Crippen molar-refractivity contribution in [1.82, 2.24) is 4.90 Å². The second-order valence-electron chi connectivity index (χ2n) is 10.5. The second-order valence-corrected chi connectivity index (χ2v) is 10.5. The quantitative estimate of drug-likeness (QED) is 0.737. The summed E-state index contributed by atoms with van der Waals surface area (Å²) in [5.41, 5.74) is 0.924. The lowest BCUT2D eigenvalue weighted by molar-refractivity contribution is -0.173. The van der Waals surface area contributed by atoms with Gasteiger partial charge in [-0.1, -0.05) is 27.7 Å². The average molecular weight is 317 g/mol. The van der Waals surface area contributed by atoms with Crippen molar-refractivity contribution in [1.29, 1.82) is 0 Å². The van der Waals surface area contributed by atoms with E-state index in [4.69, 9.17) is 0 Å². The van der Waals surface area contributed by atoms with E-state index in [0.29, 0.717) is 29.7 Å². The van der Waals surface area contributed by atoms with E-state index in [9.17, 15) is 9.59 Å². The van der Waals surface area contributed by atoms with Crippen LogP contribution in [-0.2, 0) is 9.59 Å². The summed E-state index contributed by atoms with van der Waals surface area (Å²) in [6, 6.07) is 0. The van der Waals surface area contributed by atoms with Gasteiger partial charge in [-0.25, -0.2) is 0 Å². The minimum atomic E-state index is -0.0317. The van der Waals surface area contributed by atoms with Crippen molar-refractivity contribution in [3.63, 3.8) is 0 Å². The molecule has 4 bridgehead atoms. The molecular weight excluding hydrogens is 286 g/mol. The third kappa shape index (κ3) is 2.29. The van der Waals surface area contributed by atoms with Crippen molar-refractivity contribution in [2.24, 2.45) is 34.0 Å². The lowest BCUT2D eigenvalue weighted by atomic mass is 9.38. The zero-order valence-electron chi connectivity index (χ0n) is 15.2. The van der Waals surface area contributed by atoms with Crippen molar-refractivity contribution >= 4 is 11.8 Å². The van der Waals surface area contributed by atoms with E-state index in [2.05, 4.69) is 27.7 Å². The molecule has 0 radical (unpaired) electrons. The van der Waals surface area contributed by atoms with Gasteiger partial charge in [0.25, 0.3) is 0 Å². The molecule has 3 unspecified atom stereocenters. The summed E-state index contributed by atoms with van der Waals surface area (Å²) >= 11 is 0. The predicted octanol–water partition coefficient (Wildman–Crippen LogP) is 4.01. The van der Waals surface area contributed by atoms with E-state index in [1.54, 1.807) is 4.90 Å². The second kappa shape index (κ2) is 4.61. The van der Waals surface area contributed by atoms with E-state index in [1.807, 2.05) is 0 Å². The number of carbonyl (C=O) groups excluding carboxylic acids is 2. The first kappa shape index (κ1) is 15.7. The van der Waals surface area contributed by atoms with Crippen molar-refractivity contribution in [3.8, 4) is 0 Å². The van der Waals surface area contributed by atoms with Gasteiger partial charge < -0.3 is 0 Å². The number of hydrogen-bond acceptors (Lipinski definition) is 2. The highest BCUT2D eigenvalue weighted by Gasteiger charge is 2.64. The highest BCUT2D eigenvalue weighted by Crippen LogP contribution is 2.72. The lowest BCUT2D eigenvalue weighted by Gasteiger charge is -2.66. The topological polar surface area (TPSA) is 37.4 Å². The third-order valence-electron chi connectivity index (χ3n) is 7.20. The van der Waals surface area contributed by atoms with E-state index >= 15 is 0 Å². The molecule has 4 saturated carbocycles. The summed E-state index contributed by atoms with van der Waals surface area (Å²) < 4.78 is 0. The molecule has 4 aliphatic carbocycles. The summed E-state index contributed by atoms with van der Waals surface area (Å²) in [6.45, 7) is 9.65. The predicted molar refractivity (Wildman–Crippen MR) is 89.5 cm³/mol. The Balaban J connectivity index is 1.65. The van der Waals surface area contributed by atoms with E-state index in [-0.39, 0.29) is 23.1 Å². The van der Waals surface area contributed by atoms with Crippen LogP contribution in [0.15, 0.2) is 0 Å². The molecule has 0 aromatic heterocycles. The number of amides is 2. The van der Waals surface area contributed by atoms with Crippen molar-refractivity contribution in [2.75, 3.05) is 6.54 Å². The number of hydrogen-bond donors (Lipinski definition) is 0. The lowest BCUT2D eigenvalue weighted by Crippen LogP contribution is -2.58. The molecule has 1 heterocycles. The fraction of sp³-hybridized carbons (Fsp3) is 0.900. The first-order chi connectivity index (χ1) is 10.6. The van der Waals surface area contributed by atoms with Gasteiger partial charge in [0, 0.05) is 13.0 Å². The van der Waals surface area contributed by atoms with Gasteiger partial charge in [-0.05, 0) is 66.6 Å². The molecule has 3 nitrogen and oxygen atoms in total.